The molecule has 8 heteroatoms. The second-order valence-electron chi connectivity index (χ2n) is 7.51. The molecule has 3 aromatic carbocycles. The Morgan fingerprint density at radius 2 is 1.53 bits per heavy atom. The van der Waals surface area contributed by atoms with Crippen LogP contribution in [0.4, 0.5) is 0 Å². The molecule has 3 aromatic rings. The first kappa shape index (κ1) is 25.4. The van der Waals surface area contributed by atoms with Crippen LogP contribution in [0.15, 0.2) is 72.8 Å². The zero-order valence-corrected chi connectivity index (χ0v) is 20.5. The van der Waals surface area contributed by atoms with Crippen LogP contribution in [0, 0.1) is 0 Å². The lowest BCUT2D eigenvalue weighted by atomic mass is 10.0. The van der Waals surface area contributed by atoms with Crippen molar-refractivity contribution in [3.63, 3.8) is 0 Å². The highest BCUT2D eigenvalue weighted by Crippen LogP contribution is 2.27. The summed E-state index contributed by atoms with van der Waals surface area (Å²) in [6.45, 7) is -0.217. The number of nitrogens with one attached hydrogen (secondary N) is 1. The van der Waals surface area contributed by atoms with Crippen LogP contribution in [-0.4, -0.2) is 43.5 Å². The third-order valence-corrected chi connectivity index (χ3v) is 6.04. The van der Waals surface area contributed by atoms with Crippen molar-refractivity contribution in [3.8, 4) is 11.5 Å². The number of carbonyl (C=O) groups is 2. The maximum Gasteiger partial charge on any atom is 0.261 e. The van der Waals surface area contributed by atoms with Gasteiger partial charge in [0.15, 0.2) is 6.61 Å². The Hall–Kier alpha value is -3.22. The van der Waals surface area contributed by atoms with E-state index in [-0.39, 0.29) is 25.0 Å². The van der Waals surface area contributed by atoms with Crippen LogP contribution in [0.2, 0.25) is 10.0 Å². The molecule has 1 atom stereocenters. The Morgan fingerprint density at radius 1 is 0.912 bits per heavy atom. The molecule has 6 nitrogen and oxygen atoms in total. The van der Waals surface area contributed by atoms with Gasteiger partial charge in [0, 0.05) is 35.6 Å². The van der Waals surface area contributed by atoms with Crippen molar-refractivity contribution in [2.24, 2.45) is 0 Å². The number of amides is 2. The lowest BCUT2D eigenvalue weighted by Crippen LogP contribution is -2.51. The molecule has 0 bridgehead atoms. The summed E-state index contributed by atoms with van der Waals surface area (Å²) in [5.41, 5.74) is 1.47. The zero-order valence-electron chi connectivity index (χ0n) is 19.0. The standard InChI is InChI=1S/C26H26Cl2N2O4/c1-29-26(32)24(15-18-7-4-3-5-8-18)30(16-21-22(27)9-6-10-23(21)28)25(31)17-34-20-13-11-19(33-2)12-14-20/h3-14,24H,15-17H2,1-2H3,(H,29,32). The normalized spacial score (nSPS) is 11.4. The van der Waals surface area contributed by atoms with Gasteiger partial charge >= 0.3 is 0 Å². The summed E-state index contributed by atoms with van der Waals surface area (Å²) >= 11 is 12.8. The number of benzene rings is 3. The molecule has 0 heterocycles. The smallest absolute Gasteiger partial charge is 0.261 e. The van der Waals surface area contributed by atoms with E-state index in [9.17, 15) is 9.59 Å². The molecule has 1 unspecified atom stereocenters. The summed E-state index contributed by atoms with van der Waals surface area (Å²) < 4.78 is 10.9. The van der Waals surface area contributed by atoms with Gasteiger partial charge in [0.2, 0.25) is 5.91 Å². The van der Waals surface area contributed by atoms with E-state index in [4.69, 9.17) is 32.7 Å². The minimum absolute atomic E-state index is 0.0498. The fourth-order valence-corrected chi connectivity index (χ4v) is 3.99. The predicted molar refractivity (Wildman–Crippen MR) is 134 cm³/mol. The molecule has 34 heavy (non-hydrogen) atoms. The molecule has 3 rings (SSSR count). The van der Waals surface area contributed by atoms with Crippen LogP contribution in [-0.2, 0) is 22.6 Å². The minimum atomic E-state index is -0.799. The number of methoxy groups -OCH3 is 1. The van der Waals surface area contributed by atoms with E-state index in [1.54, 1.807) is 56.6 Å². The largest absolute Gasteiger partial charge is 0.497 e. The van der Waals surface area contributed by atoms with Crippen LogP contribution < -0.4 is 14.8 Å². The second-order valence-corrected chi connectivity index (χ2v) is 8.32. The Labute approximate surface area is 209 Å². The van der Waals surface area contributed by atoms with Gasteiger partial charge in [0.1, 0.15) is 17.5 Å². The molecule has 0 aliphatic carbocycles. The highest BCUT2D eigenvalue weighted by atomic mass is 35.5. The maximum atomic E-state index is 13.4. The van der Waals surface area contributed by atoms with Crippen LogP contribution >= 0.6 is 23.2 Å². The molecule has 0 aromatic heterocycles. The summed E-state index contributed by atoms with van der Waals surface area (Å²) in [6.07, 6.45) is 0.316. The van der Waals surface area contributed by atoms with E-state index >= 15 is 0 Å². The Morgan fingerprint density at radius 3 is 2.12 bits per heavy atom. The molecule has 0 fully saturated rings. The molecule has 1 N–H and O–H groups in total. The highest BCUT2D eigenvalue weighted by molar-refractivity contribution is 6.36. The first-order valence-electron chi connectivity index (χ1n) is 10.7. The van der Waals surface area contributed by atoms with Crippen molar-refractivity contribution in [2.75, 3.05) is 20.8 Å². The SMILES string of the molecule is CNC(=O)C(Cc1ccccc1)N(Cc1c(Cl)cccc1Cl)C(=O)COc1ccc(OC)cc1. The van der Waals surface area contributed by atoms with E-state index in [1.807, 2.05) is 30.3 Å². The molecule has 178 valence electrons. The van der Waals surface area contributed by atoms with Gasteiger partial charge in [-0.15, -0.1) is 0 Å². The average molecular weight is 501 g/mol. The lowest BCUT2D eigenvalue weighted by molar-refractivity contribution is -0.142. The van der Waals surface area contributed by atoms with E-state index in [0.29, 0.717) is 33.5 Å². The number of likely N-dealkylation sites (N-methyl/N-ethyl adjacent to an activating group) is 1. The van der Waals surface area contributed by atoms with Crippen molar-refractivity contribution in [2.45, 2.75) is 19.0 Å². The van der Waals surface area contributed by atoms with Crippen molar-refractivity contribution < 1.29 is 19.1 Å². The van der Waals surface area contributed by atoms with Crippen molar-refractivity contribution in [3.05, 3.63) is 94.0 Å². The summed E-state index contributed by atoms with van der Waals surface area (Å²) in [6, 6.07) is 20.7. The third kappa shape index (κ3) is 6.65. The van der Waals surface area contributed by atoms with Gasteiger partial charge in [-0.3, -0.25) is 9.59 Å². The summed E-state index contributed by atoms with van der Waals surface area (Å²) in [5.74, 6) is 0.502. The number of halogens is 2. The molecule has 0 aliphatic heterocycles. The van der Waals surface area contributed by atoms with Gasteiger partial charge in [-0.1, -0.05) is 59.6 Å². The van der Waals surface area contributed by atoms with E-state index in [0.717, 1.165) is 5.56 Å². The molecule has 0 spiro atoms. The number of nitrogens with zero attached hydrogens (tertiary/aromatic N) is 1. The first-order chi connectivity index (χ1) is 16.4. The van der Waals surface area contributed by atoms with Gasteiger partial charge < -0.3 is 19.7 Å². The number of ether oxygens (including phenoxy) is 2. The van der Waals surface area contributed by atoms with Gasteiger partial charge in [-0.05, 0) is 42.0 Å². The fraction of sp³-hybridized carbons (Fsp3) is 0.231. The van der Waals surface area contributed by atoms with Crippen LogP contribution in [0.5, 0.6) is 11.5 Å². The maximum absolute atomic E-state index is 13.4. The quantitative estimate of drug-likeness (QED) is 0.435. The summed E-state index contributed by atoms with van der Waals surface area (Å²) in [7, 11) is 3.11. The molecule has 0 radical (unpaired) electrons. The number of rotatable bonds is 10. The van der Waals surface area contributed by atoms with Gasteiger partial charge in [-0.25, -0.2) is 0 Å². The minimum Gasteiger partial charge on any atom is -0.497 e. The third-order valence-electron chi connectivity index (χ3n) is 5.33. The van der Waals surface area contributed by atoms with E-state index in [1.165, 1.54) is 4.90 Å². The zero-order chi connectivity index (χ0) is 24.5. The Kier molecular flexibility index (Phi) is 9.19. The molecular weight excluding hydrogens is 475 g/mol. The fourth-order valence-electron chi connectivity index (χ4n) is 3.47. The van der Waals surface area contributed by atoms with Crippen molar-refractivity contribution in [1.82, 2.24) is 10.2 Å². The van der Waals surface area contributed by atoms with E-state index in [2.05, 4.69) is 5.32 Å². The van der Waals surface area contributed by atoms with Crippen molar-refractivity contribution >= 4 is 35.0 Å². The Balaban J connectivity index is 1.90. The van der Waals surface area contributed by atoms with E-state index < -0.39 is 6.04 Å². The molecule has 0 saturated carbocycles. The second kappa shape index (κ2) is 12.3. The number of hydrogen-bond acceptors (Lipinski definition) is 4. The van der Waals surface area contributed by atoms with Crippen molar-refractivity contribution in [1.29, 1.82) is 0 Å². The van der Waals surface area contributed by atoms with Crippen LogP contribution in [0.3, 0.4) is 0 Å². The summed E-state index contributed by atoms with van der Waals surface area (Å²) in [4.78, 5) is 27.8. The number of carbonyl (C=O) groups excluding carboxylic acids is 2. The highest BCUT2D eigenvalue weighted by Gasteiger charge is 2.31. The first-order valence-corrected chi connectivity index (χ1v) is 11.4. The van der Waals surface area contributed by atoms with Crippen LogP contribution in [0.25, 0.3) is 0 Å². The molecule has 0 saturated heterocycles. The number of hydrogen-bond donors (Lipinski definition) is 1. The average Bonchev–Trinajstić information content (AvgIpc) is 2.86. The van der Waals surface area contributed by atoms with Gasteiger partial charge in [0.05, 0.1) is 7.11 Å². The topological polar surface area (TPSA) is 67.9 Å². The van der Waals surface area contributed by atoms with Crippen LogP contribution in [0.1, 0.15) is 11.1 Å². The Bertz CT molecular complexity index is 1090. The monoisotopic (exact) mass is 500 g/mol. The lowest BCUT2D eigenvalue weighted by Gasteiger charge is -2.31. The summed E-state index contributed by atoms with van der Waals surface area (Å²) in [5, 5.41) is 3.50. The molecule has 2 amide bonds. The van der Waals surface area contributed by atoms with Gasteiger partial charge in [-0.2, -0.15) is 0 Å². The molecular formula is C26H26Cl2N2O4. The molecule has 0 aliphatic rings. The predicted octanol–water partition coefficient (Wildman–Crippen LogP) is 4.77. The van der Waals surface area contributed by atoms with Gasteiger partial charge in [0.25, 0.3) is 5.91 Å².